The number of hydrogen-bond acceptors (Lipinski definition) is 3. The van der Waals surface area contributed by atoms with Crippen molar-refractivity contribution in [1.82, 2.24) is 5.32 Å². The van der Waals surface area contributed by atoms with E-state index >= 15 is 0 Å². The molecule has 1 aromatic carbocycles. The molecular weight excluding hydrogens is 257 g/mol. The molecule has 3 atom stereocenters. The average molecular weight is 279 g/mol. The van der Waals surface area contributed by atoms with E-state index in [0.29, 0.717) is 29.4 Å². The third-order valence-electron chi connectivity index (χ3n) is 4.36. The Labute approximate surface area is 119 Å². The van der Waals surface area contributed by atoms with Gasteiger partial charge in [0.05, 0.1) is 13.2 Å². The minimum absolute atomic E-state index is 0.0196. The highest BCUT2D eigenvalue weighted by Gasteiger charge is 2.41. The maximum absolute atomic E-state index is 14.1. The van der Waals surface area contributed by atoms with Crippen LogP contribution in [0.3, 0.4) is 0 Å². The molecule has 1 aromatic rings. The summed E-state index contributed by atoms with van der Waals surface area (Å²) in [7, 11) is 1.55. The van der Waals surface area contributed by atoms with Gasteiger partial charge in [0, 0.05) is 30.3 Å². The van der Waals surface area contributed by atoms with Crippen LogP contribution < -0.4 is 10.1 Å². The van der Waals surface area contributed by atoms with Crippen LogP contribution in [0.2, 0.25) is 0 Å². The molecule has 20 heavy (non-hydrogen) atoms. The molecule has 1 saturated heterocycles. The van der Waals surface area contributed by atoms with Crippen LogP contribution in [-0.2, 0) is 4.74 Å². The highest BCUT2D eigenvalue weighted by atomic mass is 19.1. The minimum Gasteiger partial charge on any atom is -0.497 e. The van der Waals surface area contributed by atoms with Crippen LogP contribution in [0.15, 0.2) is 18.2 Å². The molecule has 0 spiro atoms. The summed E-state index contributed by atoms with van der Waals surface area (Å²) in [6.07, 6.45) is 3.88. The molecule has 1 aliphatic heterocycles. The number of benzene rings is 1. The standard InChI is InChI=1S/C16H22FNO2/c1-10(13-6-5-12(19-2)9-14(13)17)18-15-7-8-20-16(15)11-3-4-11/h5-6,9-11,15-16,18H,3-4,7-8H2,1-2H3. The predicted octanol–water partition coefficient (Wildman–Crippen LogP) is 3.05. The molecule has 1 saturated carbocycles. The van der Waals surface area contributed by atoms with E-state index in [1.165, 1.54) is 18.9 Å². The Morgan fingerprint density at radius 2 is 2.15 bits per heavy atom. The van der Waals surface area contributed by atoms with Crippen LogP contribution in [-0.4, -0.2) is 25.9 Å². The van der Waals surface area contributed by atoms with Crippen molar-refractivity contribution >= 4 is 0 Å². The van der Waals surface area contributed by atoms with Crippen LogP contribution >= 0.6 is 0 Å². The van der Waals surface area contributed by atoms with Crippen LogP contribution in [0.4, 0.5) is 4.39 Å². The number of nitrogens with one attached hydrogen (secondary N) is 1. The topological polar surface area (TPSA) is 30.5 Å². The zero-order valence-corrected chi connectivity index (χ0v) is 12.1. The van der Waals surface area contributed by atoms with Crippen molar-refractivity contribution in [2.24, 2.45) is 5.92 Å². The molecule has 1 heterocycles. The Kier molecular flexibility index (Phi) is 3.94. The molecule has 4 heteroatoms. The van der Waals surface area contributed by atoms with Crippen molar-refractivity contribution in [2.75, 3.05) is 13.7 Å². The lowest BCUT2D eigenvalue weighted by atomic mass is 10.0. The molecule has 1 N–H and O–H groups in total. The quantitative estimate of drug-likeness (QED) is 0.898. The van der Waals surface area contributed by atoms with Crippen molar-refractivity contribution in [3.8, 4) is 5.75 Å². The lowest BCUT2D eigenvalue weighted by Crippen LogP contribution is -2.39. The molecule has 3 unspecified atom stereocenters. The second kappa shape index (κ2) is 5.70. The van der Waals surface area contributed by atoms with Gasteiger partial charge in [-0.3, -0.25) is 0 Å². The molecular formula is C16H22FNO2. The summed E-state index contributed by atoms with van der Waals surface area (Å²) in [5.41, 5.74) is 0.687. The highest BCUT2D eigenvalue weighted by Crippen LogP contribution is 2.39. The normalized spacial score (nSPS) is 27.6. The number of ether oxygens (including phenoxy) is 2. The molecule has 3 nitrogen and oxygen atoms in total. The first-order valence-electron chi connectivity index (χ1n) is 7.40. The van der Waals surface area contributed by atoms with Gasteiger partial charge in [-0.1, -0.05) is 6.07 Å². The van der Waals surface area contributed by atoms with Gasteiger partial charge in [-0.2, -0.15) is 0 Å². The van der Waals surface area contributed by atoms with Gasteiger partial charge in [-0.15, -0.1) is 0 Å². The molecule has 0 amide bonds. The summed E-state index contributed by atoms with van der Waals surface area (Å²) in [5, 5.41) is 3.54. The van der Waals surface area contributed by atoms with E-state index in [4.69, 9.17) is 9.47 Å². The summed E-state index contributed by atoms with van der Waals surface area (Å²) in [6.45, 7) is 2.82. The average Bonchev–Trinajstić information content (AvgIpc) is 3.19. The lowest BCUT2D eigenvalue weighted by Gasteiger charge is -2.24. The van der Waals surface area contributed by atoms with Crippen molar-refractivity contribution in [1.29, 1.82) is 0 Å². The van der Waals surface area contributed by atoms with E-state index in [0.717, 1.165) is 13.0 Å². The first-order valence-corrected chi connectivity index (χ1v) is 7.40. The number of hydrogen-bond donors (Lipinski definition) is 1. The van der Waals surface area contributed by atoms with E-state index in [9.17, 15) is 4.39 Å². The van der Waals surface area contributed by atoms with Crippen LogP contribution in [0, 0.1) is 11.7 Å². The van der Waals surface area contributed by atoms with Gasteiger partial charge in [0.1, 0.15) is 11.6 Å². The van der Waals surface area contributed by atoms with Crippen molar-refractivity contribution < 1.29 is 13.9 Å². The maximum Gasteiger partial charge on any atom is 0.131 e. The van der Waals surface area contributed by atoms with Gasteiger partial charge in [-0.05, 0) is 38.2 Å². The van der Waals surface area contributed by atoms with Gasteiger partial charge < -0.3 is 14.8 Å². The summed E-state index contributed by atoms with van der Waals surface area (Å²) >= 11 is 0. The highest BCUT2D eigenvalue weighted by molar-refractivity contribution is 5.30. The largest absolute Gasteiger partial charge is 0.497 e. The molecule has 2 aliphatic rings. The Hall–Kier alpha value is -1.13. The molecule has 110 valence electrons. The fourth-order valence-electron chi connectivity index (χ4n) is 3.08. The SMILES string of the molecule is COc1ccc(C(C)NC2CCOC2C2CC2)c(F)c1. The van der Waals surface area contributed by atoms with Crippen LogP contribution in [0.1, 0.15) is 37.8 Å². The van der Waals surface area contributed by atoms with Gasteiger partial charge in [0.15, 0.2) is 0 Å². The molecule has 3 rings (SSSR count). The van der Waals surface area contributed by atoms with E-state index in [1.807, 2.05) is 6.92 Å². The summed E-state index contributed by atoms with van der Waals surface area (Å²) in [4.78, 5) is 0. The van der Waals surface area contributed by atoms with Gasteiger partial charge in [-0.25, -0.2) is 4.39 Å². The monoisotopic (exact) mass is 279 g/mol. The predicted molar refractivity (Wildman–Crippen MR) is 75.4 cm³/mol. The summed E-state index contributed by atoms with van der Waals surface area (Å²) in [6, 6.07) is 5.37. The third kappa shape index (κ3) is 2.81. The number of halogens is 1. The zero-order chi connectivity index (χ0) is 14.1. The van der Waals surface area contributed by atoms with Gasteiger partial charge in [0.2, 0.25) is 0 Å². The van der Waals surface area contributed by atoms with E-state index in [1.54, 1.807) is 19.2 Å². The van der Waals surface area contributed by atoms with Crippen LogP contribution in [0.25, 0.3) is 0 Å². The number of methoxy groups -OCH3 is 1. The Morgan fingerprint density at radius 3 is 2.80 bits per heavy atom. The lowest BCUT2D eigenvalue weighted by molar-refractivity contribution is 0.0792. The molecule has 0 bridgehead atoms. The zero-order valence-electron chi connectivity index (χ0n) is 12.1. The fraction of sp³-hybridized carbons (Fsp3) is 0.625. The van der Waals surface area contributed by atoms with Gasteiger partial charge >= 0.3 is 0 Å². The Balaban J connectivity index is 1.67. The van der Waals surface area contributed by atoms with Gasteiger partial charge in [0.25, 0.3) is 0 Å². The first-order chi connectivity index (χ1) is 9.69. The van der Waals surface area contributed by atoms with Crippen molar-refractivity contribution in [3.63, 3.8) is 0 Å². The Bertz CT molecular complexity index is 476. The van der Waals surface area contributed by atoms with E-state index in [-0.39, 0.29) is 11.9 Å². The van der Waals surface area contributed by atoms with Crippen molar-refractivity contribution in [2.45, 2.75) is 44.4 Å². The first kappa shape index (κ1) is 13.8. The van der Waals surface area contributed by atoms with E-state index < -0.39 is 0 Å². The number of rotatable bonds is 5. The minimum atomic E-state index is -0.216. The van der Waals surface area contributed by atoms with Crippen molar-refractivity contribution in [3.05, 3.63) is 29.6 Å². The summed E-state index contributed by atoms with van der Waals surface area (Å²) < 4.78 is 24.9. The Morgan fingerprint density at radius 1 is 1.35 bits per heavy atom. The second-order valence-electron chi connectivity index (χ2n) is 5.84. The van der Waals surface area contributed by atoms with Crippen LogP contribution in [0.5, 0.6) is 5.75 Å². The fourth-order valence-corrected chi connectivity index (χ4v) is 3.08. The molecule has 1 aliphatic carbocycles. The third-order valence-corrected chi connectivity index (χ3v) is 4.36. The second-order valence-corrected chi connectivity index (χ2v) is 5.84. The molecule has 0 radical (unpaired) electrons. The molecule has 2 fully saturated rings. The molecule has 0 aromatic heterocycles. The maximum atomic E-state index is 14.1. The smallest absolute Gasteiger partial charge is 0.131 e. The summed E-state index contributed by atoms with van der Waals surface area (Å²) in [5.74, 6) is 1.05. The van der Waals surface area contributed by atoms with E-state index in [2.05, 4.69) is 5.32 Å².